The second-order valence-corrected chi connectivity index (χ2v) is 10.9. The van der Waals surface area contributed by atoms with Crippen LogP contribution in [0.5, 0.6) is 0 Å². The van der Waals surface area contributed by atoms with Crippen LogP contribution in [0.3, 0.4) is 0 Å². The smallest absolute Gasteiger partial charge is 0.147 e. The molecule has 0 aliphatic carbocycles. The van der Waals surface area contributed by atoms with Gasteiger partial charge in [0, 0.05) is 0 Å². The van der Waals surface area contributed by atoms with Crippen LogP contribution < -0.4 is 0 Å². The summed E-state index contributed by atoms with van der Waals surface area (Å²) in [6.45, 7) is 15.2. The topological polar surface area (TPSA) is 113 Å². The maximum Gasteiger partial charge on any atom is 0.147 e. The number of ether oxygens (including phenoxy) is 4. The summed E-state index contributed by atoms with van der Waals surface area (Å²) in [4.78, 5) is 0. The SMILES string of the molecule is [BH3-]P(=O)(OC[C@H]1O[C@@H](C)C(O)[C@H]1OC(C)(C)C)O[C@@H]1C(O)[C@H](C)O[C@@H]1COC(C)(C)C. The van der Waals surface area contributed by atoms with E-state index in [-0.39, 0.29) is 18.8 Å². The molecule has 0 spiro atoms. The van der Waals surface area contributed by atoms with Gasteiger partial charge in [0.2, 0.25) is 0 Å². The van der Waals surface area contributed by atoms with Crippen LogP contribution in [0.25, 0.3) is 0 Å². The number of hydrogen-bond donors (Lipinski definition) is 2. The Morgan fingerprint density at radius 2 is 1.35 bits per heavy atom. The summed E-state index contributed by atoms with van der Waals surface area (Å²) >= 11 is 0. The fourth-order valence-corrected chi connectivity index (χ4v) is 4.18. The number of aliphatic hydroxyl groups excluding tert-OH is 2. The third-order valence-electron chi connectivity index (χ3n) is 4.87. The maximum atomic E-state index is 13.2. The zero-order valence-corrected chi connectivity index (χ0v) is 20.1. The van der Waals surface area contributed by atoms with Crippen LogP contribution in [0.2, 0.25) is 0 Å². The molecular weight excluding hydrogens is 426 g/mol. The van der Waals surface area contributed by atoms with E-state index in [2.05, 4.69) is 0 Å². The number of aliphatic hydroxyl groups is 2. The molecule has 0 radical (unpaired) electrons. The minimum absolute atomic E-state index is 0.0225. The van der Waals surface area contributed by atoms with E-state index in [4.69, 9.17) is 28.0 Å². The molecule has 2 N–H and O–H groups in total. The van der Waals surface area contributed by atoms with E-state index in [1.165, 1.54) is 0 Å². The van der Waals surface area contributed by atoms with Crippen molar-refractivity contribution < 1.29 is 42.8 Å². The van der Waals surface area contributed by atoms with Gasteiger partial charge >= 0.3 is 0 Å². The van der Waals surface area contributed by atoms with Crippen molar-refractivity contribution in [3.05, 3.63) is 0 Å². The van der Waals surface area contributed by atoms with Gasteiger partial charge in [0.1, 0.15) is 44.1 Å². The van der Waals surface area contributed by atoms with Crippen LogP contribution in [0.4, 0.5) is 0 Å². The average Bonchev–Trinajstić information content (AvgIpc) is 3.01. The van der Waals surface area contributed by atoms with Gasteiger partial charge in [0.25, 0.3) is 0 Å². The molecule has 0 aromatic rings. The maximum absolute atomic E-state index is 13.2. The van der Waals surface area contributed by atoms with Gasteiger partial charge in [-0.2, -0.15) is 0 Å². The quantitative estimate of drug-likeness (QED) is 0.401. The second kappa shape index (κ2) is 10.1. The lowest BCUT2D eigenvalue weighted by Crippen LogP contribution is -2.42. The monoisotopic (exact) mass is 467 g/mol. The Hall–Kier alpha value is -0.0251. The molecule has 31 heavy (non-hydrogen) atoms. The standard InChI is InChI=1S/C20H41BO9P/c1-11-15(22)17(29-20(6,7)8)14(28-11)10-26-31(21,24)30-18-13(9-25-19(3,4)5)27-12(2)16(18)23/h11-18,22-23H,9-10H2,1-8,21H3/q-1/t11-,12-,13+,14+,15?,16?,17-,18-,31?/m0/s1. The first kappa shape index (κ1) is 27.2. The molecule has 2 rings (SSSR count). The number of hydrogen-bond acceptors (Lipinski definition) is 9. The van der Waals surface area contributed by atoms with E-state index in [0.717, 1.165) is 0 Å². The fourth-order valence-electron chi connectivity index (χ4n) is 3.39. The molecule has 0 amide bonds. The minimum Gasteiger partial charge on any atom is -0.388 e. The van der Waals surface area contributed by atoms with Gasteiger partial charge in [0.05, 0.1) is 44.2 Å². The van der Waals surface area contributed by atoms with Crippen molar-refractivity contribution in [1.29, 1.82) is 0 Å². The van der Waals surface area contributed by atoms with Crippen molar-refractivity contribution in [1.82, 2.24) is 0 Å². The average molecular weight is 467 g/mol. The molecule has 2 saturated heterocycles. The highest BCUT2D eigenvalue weighted by Gasteiger charge is 2.46. The van der Waals surface area contributed by atoms with E-state index in [9.17, 15) is 14.8 Å². The molecular formula is C20H41BO9P-. The molecule has 184 valence electrons. The summed E-state index contributed by atoms with van der Waals surface area (Å²) < 4.78 is 48.1. The first-order valence-electron chi connectivity index (χ1n) is 10.4. The van der Waals surface area contributed by atoms with E-state index in [1.54, 1.807) is 13.8 Å². The Morgan fingerprint density at radius 3 is 1.84 bits per heavy atom. The van der Waals surface area contributed by atoms with Crippen LogP contribution in [0.1, 0.15) is 55.4 Å². The molecule has 11 heteroatoms. The lowest BCUT2D eigenvalue weighted by Gasteiger charge is -2.32. The van der Waals surface area contributed by atoms with Gasteiger partial charge in [-0.3, -0.25) is 0 Å². The molecule has 2 aliphatic heterocycles. The lowest BCUT2D eigenvalue weighted by atomic mass is 10.1. The first-order valence-corrected chi connectivity index (χ1v) is 11.5. The Bertz CT molecular complexity index is 635. The molecule has 2 heterocycles. The third-order valence-corrected chi connectivity index (χ3v) is 5.64. The summed E-state index contributed by atoms with van der Waals surface area (Å²) in [6.07, 6.45) is -5.11. The molecule has 0 aromatic carbocycles. The van der Waals surface area contributed by atoms with Crippen molar-refractivity contribution in [3.8, 4) is 0 Å². The molecule has 0 bridgehead atoms. The normalized spacial score (nSPS) is 39.1. The van der Waals surface area contributed by atoms with Crippen molar-refractivity contribution in [2.24, 2.45) is 0 Å². The highest BCUT2D eigenvalue weighted by molar-refractivity contribution is 7.79. The zero-order chi connectivity index (χ0) is 23.8. The van der Waals surface area contributed by atoms with E-state index in [1.807, 2.05) is 41.5 Å². The molecule has 3 unspecified atom stereocenters. The van der Waals surface area contributed by atoms with Gasteiger partial charge < -0.3 is 42.8 Å². The third kappa shape index (κ3) is 8.05. The van der Waals surface area contributed by atoms with Crippen molar-refractivity contribution >= 4 is 15.0 Å². The summed E-state index contributed by atoms with van der Waals surface area (Å²) in [5.74, 6) is 0. The molecule has 2 aliphatic rings. The Kier molecular flexibility index (Phi) is 8.85. The summed E-state index contributed by atoms with van der Waals surface area (Å²) in [7, 11) is -4.23. The van der Waals surface area contributed by atoms with Crippen LogP contribution in [-0.4, -0.2) is 91.0 Å². The molecule has 0 aromatic heterocycles. The van der Waals surface area contributed by atoms with E-state index < -0.39 is 69.5 Å². The highest BCUT2D eigenvalue weighted by atomic mass is 31.2. The fraction of sp³-hybridized carbons (Fsp3) is 1.00. The van der Waals surface area contributed by atoms with Gasteiger partial charge in [-0.1, -0.05) is 0 Å². The predicted molar refractivity (Wildman–Crippen MR) is 119 cm³/mol. The van der Waals surface area contributed by atoms with Gasteiger partial charge in [-0.05, 0) is 55.4 Å². The summed E-state index contributed by atoms with van der Waals surface area (Å²) in [5.41, 5.74) is -0.856. The highest BCUT2D eigenvalue weighted by Crippen LogP contribution is 2.47. The molecule has 2 fully saturated rings. The van der Waals surface area contributed by atoms with Crippen molar-refractivity contribution in [3.63, 3.8) is 0 Å². The minimum atomic E-state index is -3.34. The summed E-state index contributed by atoms with van der Waals surface area (Å²) in [6, 6.07) is 0. The van der Waals surface area contributed by atoms with Crippen LogP contribution in [0, 0.1) is 0 Å². The Balaban J connectivity index is 2.00. The van der Waals surface area contributed by atoms with Gasteiger partial charge in [-0.15, -0.1) is 0 Å². The summed E-state index contributed by atoms with van der Waals surface area (Å²) in [5, 5.41) is 20.9. The van der Waals surface area contributed by atoms with Gasteiger partial charge in [-0.25, -0.2) is 0 Å². The second-order valence-electron chi connectivity index (χ2n) is 9.95. The molecule has 0 saturated carbocycles. The largest absolute Gasteiger partial charge is 0.388 e. The molecule has 9 atom stereocenters. The van der Waals surface area contributed by atoms with E-state index in [0.29, 0.717) is 0 Å². The van der Waals surface area contributed by atoms with Crippen molar-refractivity contribution in [2.75, 3.05) is 13.2 Å². The zero-order valence-electron chi connectivity index (χ0n) is 19.2. The predicted octanol–water partition coefficient (Wildman–Crippen LogP) is 1.16. The van der Waals surface area contributed by atoms with Crippen molar-refractivity contribution in [2.45, 2.75) is 115 Å². The Morgan fingerprint density at radius 1 is 0.871 bits per heavy atom. The number of rotatable bonds is 8. The Labute approximate surface area is 187 Å². The van der Waals surface area contributed by atoms with Crippen LogP contribution in [0.15, 0.2) is 0 Å². The van der Waals surface area contributed by atoms with Gasteiger partial charge in [0.15, 0.2) is 0 Å². The first-order chi connectivity index (χ1) is 14.0. The van der Waals surface area contributed by atoms with Crippen LogP contribution >= 0.6 is 7.47 Å². The van der Waals surface area contributed by atoms with Crippen LogP contribution in [-0.2, 0) is 32.6 Å². The lowest BCUT2D eigenvalue weighted by molar-refractivity contribution is -0.119. The molecule has 9 nitrogen and oxygen atoms in total. The van der Waals surface area contributed by atoms with E-state index >= 15 is 0 Å².